The standard InChI is InChI=1S/C14H10O5.Cs/c15-13(16)9-1-5-11(6-2-9)19-12-7-3-10(4-8-12)14(17)18;/h1-8H,(H,15,16)(H,17,18);. The van der Waals surface area contributed by atoms with Crippen LogP contribution in [0.15, 0.2) is 48.5 Å². The zero-order valence-electron chi connectivity index (χ0n) is 10.7. The maximum absolute atomic E-state index is 10.7. The van der Waals surface area contributed by atoms with Gasteiger partial charge in [0.25, 0.3) is 0 Å². The molecule has 0 heterocycles. The average Bonchev–Trinajstić information content (AvgIpc) is 2.40. The monoisotopic (exact) mass is 391 g/mol. The van der Waals surface area contributed by atoms with Crippen LogP contribution in [0.3, 0.4) is 0 Å². The predicted octanol–water partition coefficient (Wildman–Crippen LogP) is 2.49. The molecule has 20 heavy (non-hydrogen) atoms. The van der Waals surface area contributed by atoms with E-state index in [1.165, 1.54) is 48.5 Å². The van der Waals surface area contributed by atoms with Crippen LogP contribution < -0.4 is 4.74 Å². The zero-order valence-corrected chi connectivity index (χ0v) is 17.0. The Bertz CT molecular complexity index is 549. The summed E-state index contributed by atoms with van der Waals surface area (Å²) in [5, 5.41) is 17.5. The normalized spacial score (nSPS) is 9.40. The molecule has 0 spiro atoms. The average molecular weight is 391 g/mol. The molecule has 0 aliphatic carbocycles. The molecule has 1 radical (unpaired) electrons. The Balaban J connectivity index is 0.00000200. The zero-order chi connectivity index (χ0) is 13.8. The fourth-order valence-electron chi connectivity index (χ4n) is 1.47. The third kappa shape index (κ3) is 4.65. The van der Waals surface area contributed by atoms with Crippen molar-refractivity contribution >= 4 is 80.8 Å². The second kappa shape index (κ2) is 7.87. The van der Waals surface area contributed by atoms with Gasteiger partial charge >= 0.3 is 11.9 Å². The molecule has 5 nitrogen and oxygen atoms in total. The van der Waals surface area contributed by atoms with E-state index in [9.17, 15) is 9.59 Å². The minimum atomic E-state index is -1.00. The van der Waals surface area contributed by atoms with Crippen LogP contribution in [0.4, 0.5) is 0 Å². The molecule has 2 rings (SSSR count). The van der Waals surface area contributed by atoms with E-state index in [2.05, 4.69) is 0 Å². The van der Waals surface area contributed by atoms with Crippen molar-refractivity contribution in [3.63, 3.8) is 0 Å². The van der Waals surface area contributed by atoms with Crippen LogP contribution in [-0.4, -0.2) is 91.0 Å². The fourth-order valence-corrected chi connectivity index (χ4v) is 1.47. The van der Waals surface area contributed by atoms with Gasteiger partial charge in [-0.1, -0.05) is 0 Å². The van der Waals surface area contributed by atoms with Gasteiger partial charge in [-0.2, -0.15) is 0 Å². The van der Waals surface area contributed by atoms with Gasteiger partial charge in [0.1, 0.15) is 11.5 Å². The van der Waals surface area contributed by atoms with Crippen LogP contribution in [0.1, 0.15) is 20.7 Å². The van der Waals surface area contributed by atoms with Gasteiger partial charge < -0.3 is 14.9 Å². The summed E-state index contributed by atoms with van der Waals surface area (Å²) in [6, 6.07) is 11.9. The van der Waals surface area contributed by atoms with E-state index >= 15 is 0 Å². The SMILES string of the molecule is O=C(O)c1ccc(Oc2ccc(C(=O)O)cc2)cc1.[Cs]. The van der Waals surface area contributed by atoms with Crippen LogP contribution >= 0.6 is 0 Å². The third-order valence-electron chi connectivity index (χ3n) is 2.44. The first-order valence-corrected chi connectivity index (χ1v) is 5.41. The molecule has 0 aliphatic rings. The Morgan fingerprint density at radius 2 is 1.00 bits per heavy atom. The molecular formula is C14H10CsO5. The van der Waals surface area contributed by atoms with Gasteiger partial charge in [-0.05, 0) is 48.5 Å². The molecule has 6 heteroatoms. The van der Waals surface area contributed by atoms with E-state index in [0.29, 0.717) is 11.5 Å². The second-order valence-electron chi connectivity index (χ2n) is 3.76. The number of hydrogen-bond acceptors (Lipinski definition) is 3. The smallest absolute Gasteiger partial charge is 0.335 e. The Kier molecular flexibility index (Phi) is 6.80. The molecule has 0 amide bonds. The molecule has 0 fully saturated rings. The molecule has 2 N–H and O–H groups in total. The summed E-state index contributed by atoms with van der Waals surface area (Å²) in [4.78, 5) is 21.4. The summed E-state index contributed by atoms with van der Waals surface area (Å²) >= 11 is 0. The maximum atomic E-state index is 10.7. The van der Waals surface area contributed by atoms with Gasteiger partial charge in [-0.15, -0.1) is 0 Å². The molecule has 0 saturated heterocycles. The molecule has 0 saturated carbocycles. The molecule has 2 aromatic rings. The van der Waals surface area contributed by atoms with Crippen molar-refractivity contribution in [2.45, 2.75) is 0 Å². The van der Waals surface area contributed by atoms with Gasteiger partial charge in [-0.3, -0.25) is 0 Å². The molecule has 0 bridgehead atoms. The Labute approximate surface area is 174 Å². The van der Waals surface area contributed by atoms with E-state index in [1.807, 2.05) is 0 Å². The van der Waals surface area contributed by atoms with E-state index in [-0.39, 0.29) is 80.0 Å². The van der Waals surface area contributed by atoms with Gasteiger partial charge in [0.15, 0.2) is 0 Å². The Morgan fingerprint density at radius 1 is 0.700 bits per heavy atom. The third-order valence-corrected chi connectivity index (χ3v) is 2.44. The van der Waals surface area contributed by atoms with E-state index < -0.39 is 11.9 Å². The molecule has 0 unspecified atom stereocenters. The fraction of sp³-hybridized carbons (Fsp3) is 0. The molecule has 2 aromatic carbocycles. The summed E-state index contributed by atoms with van der Waals surface area (Å²) in [6.07, 6.45) is 0. The van der Waals surface area contributed by atoms with Crippen LogP contribution in [0, 0.1) is 0 Å². The topological polar surface area (TPSA) is 83.8 Å². The number of aromatic carboxylic acids is 2. The Hall–Kier alpha value is -0.768. The van der Waals surface area contributed by atoms with E-state index in [4.69, 9.17) is 14.9 Å². The van der Waals surface area contributed by atoms with Gasteiger partial charge in [-0.25, -0.2) is 9.59 Å². The van der Waals surface area contributed by atoms with Crippen molar-refractivity contribution in [1.82, 2.24) is 0 Å². The Morgan fingerprint density at radius 3 is 1.25 bits per heavy atom. The largest absolute Gasteiger partial charge is 0.478 e. The molecule has 0 aromatic heterocycles. The number of carboxylic acid groups (broad SMARTS) is 2. The van der Waals surface area contributed by atoms with Crippen LogP contribution in [0.2, 0.25) is 0 Å². The number of hydrogen-bond donors (Lipinski definition) is 2. The van der Waals surface area contributed by atoms with Crippen molar-refractivity contribution in [2.24, 2.45) is 0 Å². The van der Waals surface area contributed by atoms with Gasteiger partial charge in [0.2, 0.25) is 0 Å². The van der Waals surface area contributed by atoms with E-state index in [0.717, 1.165) is 0 Å². The minimum absolute atomic E-state index is 0. The molecular weight excluding hydrogens is 381 g/mol. The first kappa shape index (κ1) is 17.3. The predicted molar refractivity (Wildman–Crippen MR) is 72.6 cm³/mol. The molecule has 0 aliphatic heterocycles. The van der Waals surface area contributed by atoms with Crippen molar-refractivity contribution in [3.8, 4) is 11.5 Å². The first-order valence-electron chi connectivity index (χ1n) is 5.41. The molecule has 97 valence electrons. The number of carboxylic acids is 2. The minimum Gasteiger partial charge on any atom is -0.478 e. The number of carbonyl (C=O) groups is 2. The van der Waals surface area contributed by atoms with Crippen molar-refractivity contribution in [2.75, 3.05) is 0 Å². The summed E-state index contributed by atoms with van der Waals surface area (Å²) < 4.78 is 5.46. The van der Waals surface area contributed by atoms with E-state index in [1.54, 1.807) is 0 Å². The molecule has 0 atom stereocenters. The van der Waals surface area contributed by atoms with Crippen molar-refractivity contribution < 1.29 is 24.5 Å². The summed E-state index contributed by atoms with van der Waals surface area (Å²) in [6.45, 7) is 0. The first-order chi connectivity index (χ1) is 9.06. The second-order valence-corrected chi connectivity index (χ2v) is 3.76. The van der Waals surface area contributed by atoms with Gasteiger partial charge in [0.05, 0.1) is 11.1 Å². The maximum Gasteiger partial charge on any atom is 0.335 e. The van der Waals surface area contributed by atoms with Crippen molar-refractivity contribution in [1.29, 1.82) is 0 Å². The van der Waals surface area contributed by atoms with Crippen molar-refractivity contribution in [3.05, 3.63) is 59.7 Å². The summed E-state index contributed by atoms with van der Waals surface area (Å²) in [5.41, 5.74) is 0.349. The number of rotatable bonds is 4. The van der Waals surface area contributed by atoms with Crippen LogP contribution in [0.25, 0.3) is 0 Å². The van der Waals surface area contributed by atoms with Gasteiger partial charge in [0, 0.05) is 68.9 Å². The summed E-state index contributed by atoms with van der Waals surface area (Å²) in [7, 11) is 0. The summed E-state index contributed by atoms with van der Waals surface area (Å²) in [5.74, 6) is -1.05. The number of benzene rings is 2. The van der Waals surface area contributed by atoms with Crippen LogP contribution in [-0.2, 0) is 0 Å². The number of ether oxygens (including phenoxy) is 1. The quantitative estimate of drug-likeness (QED) is 0.837. The van der Waals surface area contributed by atoms with Crippen LogP contribution in [0.5, 0.6) is 11.5 Å².